The normalized spacial score (nSPS) is 15.5. The molecule has 88 valence electrons. The zero-order valence-electron chi connectivity index (χ0n) is 9.55. The Labute approximate surface area is 104 Å². The van der Waals surface area contributed by atoms with E-state index >= 15 is 0 Å². The SMILES string of the molecule is CC(C)(N)Cc1cc2c(cc1Br)COCO2. The largest absolute Gasteiger partial charge is 0.467 e. The monoisotopic (exact) mass is 285 g/mol. The molecule has 0 saturated carbocycles. The van der Waals surface area contributed by atoms with Crippen LogP contribution < -0.4 is 10.5 Å². The molecule has 0 aliphatic carbocycles. The second-order valence-corrected chi connectivity index (χ2v) is 5.68. The highest BCUT2D eigenvalue weighted by Crippen LogP contribution is 2.31. The van der Waals surface area contributed by atoms with Gasteiger partial charge in [-0.1, -0.05) is 15.9 Å². The van der Waals surface area contributed by atoms with Crippen LogP contribution in [0.15, 0.2) is 16.6 Å². The van der Waals surface area contributed by atoms with Crippen LogP contribution in [0.5, 0.6) is 5.75 Å². The van der Waals surface area contributed by atoms with Crippen LogP contribution in [-0.2, 0) is 17.8 Å². The van der Waals surface area contributed by atoms with E-state index in [4.69, 9.17) is 15.2 Å². The number of rotatable bonds is 2. The molecule has 0 aromatic heterocycles. The van der Waals surface area contributed by atoms with Gasteiger partial charge < -0.3 is 15.2 Å². The quantitative estimate of drug-likeness (QED) is 0.909. The molecule has 1 aromatic carbocycles. The molecule has 2 N–H and O–H groups in total. The lowest BCUT2D eigenvalue weighted by Gasteiger charge is -2.23. The molecule has 0 unspecified atom stereocenters. The molecule has 3 nitrogen and oxygen atoms in total. The summed E-state index contributed by atoms with van der Waals surface area (Å²) in [6.45, 7) is 4.98. The fraction of sp³-hybridized carbons (Fsp3) is 0.500. The maximum atomic E-state index is 6.03. The van der Waals surface area contributed by atoms with Crippen LogP contribution in [0.1, 0.15) is 25.0 Å². The smallest absolute Gasteiger partial charge is 0.189 e. The molecule has 0 radical (unpaired) electrons. The minimum atomic E-state index is -0.220. The van der Waals surface area contributed by atoms with Crippen LogP contribution in [0.3, 0.4) is 0 Å². The molecular formula is C12H16BrNO2. The number of hydrogen-bond donors (Lipinski definition) is 1. The Morgan fingerprint density at radius 1 is 1.44 bits per heavy atom. The molecule has 16 heavy (non-hydrogen) atoms. The molecule has 1 aliphatic heterocycles. The summed E-state index contributed by atoms with van der Waals surface area (Å²) < 4.78 is 11.7. The van der Waals surface area contributed by atoms with Gasteiger partial charge in [-0.2, -0.15) is 0 Å². The summed E-state index contributed by atoms with van der Waals surface area (Å²) in [4.78, 5) is 0. The molecule has 0 spiro atoms. The first-order valence-electron chi connectivity index (χ1n) is 5.26. The van der Waals surface area contributed by atoms with E-state index in [-0.39, 0.29) is 5.54 Å². The molecule has 0 bridgehead atoms. The van der Waals surface area contributed by atoms with Gasteiger partial charge in [0.05, 0.1) is 6.61 Å². The highest BCUT2D eigenvalue weighted by molar-refractivity contribution is 9.10. The number of halogens is 1. The lowest BCUT2D eigenvalue weighted by atomic mass is 9.95. The van der Waals surface area contributed by atoms with Crippen LogP contribution in [0.4, 0.5) is 0 Å². The molecule has 2 rings (SSSR count). The van der Waals surface area contributed by atoms with Crippen molar-refractivity contribution in [1.29, 1.82) is 0 Å². The van der Waals surface area contributed by atoms with Crippen molar-refractivity contribution in [3.8, 4) is 5.75 Å². The Morgan fingerprint density at radius 3 is 2.88 bits per heavy atom. The molecular weight excluding hydrogens is 270 g/mol. The first-order chi connectivity index (χ1) is 7.46. The third-order valence-electron chi connectivity index (χ3n) is 2.43. The summed E-state index contributed by atoms with van der Waals surface area (Å²) in [7, 11) is 0. The summed E-state index contributed by atoms with van der Waals surface area (Å²) in [5.41, 5.74) is 8.06. The number of nitrogens with two attached hydrogens (primary N) is 1. The van der Waals surface area contributed by atoms with Crippen LogP contribution in [0.25, 0.3) is 0 Å². The van der Waals surface area contributed by atoms with E-state index in [0.717, 1.165) is 22.2 Å². The van der Waals surface area contributed by atoms with Crippen molar-refractivity contribution in [3.63, 3.8) is 0 Å². The van der Waals surface area contributed by atoms with Gasteiger partial charge in [-0.3, -0.25) is 0 Å². The van der Waals surface area contributed by atoms with Crippen LogP contribution >= 0.6 is 15.9 Å². The van der Waals surface area contributed by atoms with Gasteiger partial charge in [0.15, 0.2) is 6.79 Å². The van der Waals surface area contributed by atoms with Crippen LogP contribution in [-0.4, -0.2) is 12.3 Å². The first-order valence-corrected chi connectivity index (χ1v) is 6.06. The topological polar surface area (TPSA) is 44.5 Å². The molecule has 0 amide bonds. The van der Waals surface area contributed by atoms with Crippen LogP contribution in [0, 0.1) is 0 Å². The third-order valence-corrected chi connectivity index (χ3v) is 3.17. The van der Waals surface area contributed by atoms with Gasteiger partial charge in [0.2, 0.25) is 0 Å². The van der Waals surface area contributed by atoms with E-state index in [9.17, 15) is 0 Å². The average molecular weight is 286 g/mol. The number of benzene rings is 1. The molecule has 1 aliphatic rings. The molecule has 0 atom stereocenters. The average Bonchev–Trinajstić information content (AvgIpc) is 2.17. The Morgan fingerprint density at radius 2 is 2.19 bits per heavy atom. The zero-order valence-corrected chi connectivity index (χ0v) is 11.1. The fourth-order valence-electron chi connectivity index (χ4n) is 1.77. The summed E-state index contributed by atoms with van der Waals surface area (Å²) in [5, 5.41) is 0. The van der Waals surface area contributed by atoms with Gasteiger partial charge in [0, 0.05) is 15.6 Å². The van der Waals surface area contributed by atoms with E-state index in [0.29, 0.717) is 13.4 Å². The number of ether oxygens (including phenoxy) is 2. The molecule has 4 heteroatoms. The summed E-state index contributed by atoms with van der Waals surface area (Å²) >= 11 is 3.56. The standard InChI is InChI=1S/C12H16BrNO2/c1-12(2,14)5-8-4-11-9(3-10(8)13)6-15-7-16-11/h3-4H,5-7,14H2,1-2H3. The van der Waals surface area contributed by atoms with Gasteiger partial charge in [-0.25, -0.2) is 0 Å². The maximum absolute atomic E-state index is 6.03. The Balaban J connectivity index is 2.32. The lowest BCUT2D eigenvalue weighted by molar-refractivity contribution is -0.0164. The number of hydrogen-bond acceptors (Lipinski definition) is 3. The van der Waals surface area contributed by atoms with Gasteiger partial charge in [0.1, 0.15) is 5.75 Å². The molecule has 0 saturated heterocycles. The maximum Gasteiger partial charge on any atom is 0.189 e. The molecule has 0 fully saturated rings. The lowest BCUT2D eigenvalue weighted by Crippen LogP contribution is -2.34. The van der Waals surface area contributed by atoms with E-state index in [2.05, 4.69) is 28.1 Å². The van der Waals surface area contributed by atoms with Crippen molar-refractivity contribution in [1.82, 2.24) is 0 Å². The predicted molar refractivity (Wildman–Crippen MR) is 66.4 cm³/mol. The molecule has 1 heterocycles. The predicted octanol–water partition coefficient (Wildman–Crippen LogP) is 2.60. The van der Waals surface area contributed by atoms with Gasteiger partial charge in [0.25, 0.3) is 0 Å². The van der Waals surface area contributed by atoms with E-state index in [1.807, 2.05) is 13.8 Å². The van der Waals surface area contributed by atoms with Crippen molar-refractivity contribution in [2.24, 2.45) is 5.73 Å². The van der Waals surface area contributed by atoms with Crippen molar-refractivity contribution >= 4 is 15.9 Å². The van der Waals surface area contributed by atoms with Gasteiger partial charge in [-0.05, 0) is 38.0 Å². The van der Waals surface area contributed by atoms with E-state index in [1.165, 1.54) is 5.56 Å². The Hall–Kier alpha value is -0.580. The minimum Gasteiger partial charge on any atom is -0.467 e. The molecule has 1 aromatic rings. The van der Waals surface area contributed by atoms with Gasteiger partial charge >= 0.3 is 0 Å². The highest BCUT2D eigenvalue weighted by Gasteiger charge is 2.18. The summed E-state index contributed by atoms with van der Waals surface area (Å²) in [5.74, 6) is 0.911. The van der Waals surface area contributed by atoms with Crippen molar-refractivity contribution in [2.75, 3.05) is 6.79 Å². The first kappa shape index (κ1) is 11.9. The van der Waals surface area contributed by atoms with Crippen molar-refractivity contribution in [3.05, 3.63) is 27.7 Å². The Bertz CT molecular complexity index is 399. The van der Waals surface area contributed by atoms with Gasteiger partial charge in [-0.15, -0.1) is 0 Å². The Kier molecular flexibility index (Phi) is 3.24. The number of fused-ring (bicyclic) bond motifs is 1. The van der Waals surface area contributed by atoms with E-state index in [1.54, 1.807) is 0 Å². The van der Waals surface area contributed by atoms with Crippen LogP contribution in [0.2, 0.25) is 0 Å². The van der Waals surface area contributed by atoms with Crippen molar-refractivity contribution in [2.45, 2.75) is 32.4 Å². The van der Waals surface area contributed by atoms with Crippen molar-refractivity contribution < 1.29 is 9.47 Å². The second kappa shape index (κ2) is 4.35. The zero-order chi connectivity index (χ0) is 11.8. The summed E-state index contributed by atoms with van der Waals surface area (Å²) in [6, 6.07) is 4.10. The third kappa shape index (κ3) is 2.75. The summed E-state index contributed by atoms with van der Waals surface area (Å²) in [6.07, 6.45) is 0.811. The fourth-order valence-corrected chi connectivity index (χ4v) is 2.30. The highest BCUT2D eigenvalue weighted by atomic mass is 79.9. The van der Waals surface area contributed by atoms with E-state index < -0.39 is 0 Å². The minimum absolute atomic E-state index is 0.220. The second-order valence-electron chi connectivity index (χ2n) is 4.83.